The van der Waals surface area contributed by atoms with E-state index in [-0.39, 0.29) is 30.6 Å². The minimum Gasteiger partial charge on any atom is -0.345 e. The summed E-state index contributed by atoms with van der Waals surface area (Å²) in [6.45, 7) is 9.55. The highest BCUT2D eigenvalue weighted by Gasteiger charge is 2.30. The third-order valence-corrected chi connectivity index (χ3v) is 8.78. The Labute approximate surface area is 250 Å². The fraction of sp³-hybridized carbons (Fsp3) is 0.471. The number of halogens is 1. The molecule has 2 aromatic carbocycles. The van der Waals surface area contributed by atoms with Crippen molar-refractivity contribution in [1.29, 1.82) is 0 Å². The second-order valence-corrected chi connectivity index (χ2v) is 12.0. The average Bonchev–Trinajstić information content (AvgIpc) is 3.42. The maximum atomic E-state index is 14.1. The zero-order valence-corrected chi connectivity index (χ0v) is 25.7. The van der Waals surface area contributed by atoms with Crippen LogP contribution in [0, 0.1) is 0 Å². The topological polar surface area (TPSA) is 57.6 Å². The third kappa shape index (κ3) is 8.16. The first kappa shape index (κ1) is 30.7. The second-order valence-electron chi connectivity index (χ2n) is 11.6. The standard InChI is InChI=1S/C34H45ClN4O2/c1-5-26(4)38(34(41)36-29-19-17-27(18-20-29)25(2)3)24-33(40)39(30-13-7-6-8-14-30)23-31-15-11-21-37(31)22-28-12-9-10-16-32(28)35/h9-12,15-21,25-26,30H,5-8,13-14,22-24H2,1-4H3,(H,36,41). The Kier molecular flexibility index (Phi) is 10.9. The summed E-state index contributed by atoms with van der Waals surface area (Å²) < 4.78 is 2.17. The Morgan fingerprint density at radius 1 is 0.976 bits per heavy atom. The SMILES string of the molecule is CCC(C)N(CC(=O)N(Cc1cccn1Cc1ccccc1Cl)C1CCCCC1)C(=O)Nc1ccc(C(C)C)cc1. The lowest BCUT2D eigenvalue weighted by Gasteiger charge is -2.37. The molecule has 1 heterocycles. The molecule has 0 radical (unpaired) electrons. The Morgan fingerprint density at radius 3 is 2.34 bits per heavy atom. The predicted octanol–water partition coefficient (Wildman–Crippen LogP) is 8.31. The fourth-order valence-electron chi connectivity index (χ4n) is 5.58. The zero-order valence-electron chi connectivity index (χ0n) is 25.0. The van der Waals surface area contributed by atoms with E-state index in [4.69, 9.17) is 11.6 Å². The highest BCUT2D eigenvalue weighted by molar-refractivity contribution is 6.31. The van der Waals surface area contributed by atoms with Gasteiger partial charge in [0.05, 0.1) is 6.54 Å². The van der Waals surface area contributed by atoms with Crippen molar-refractivity contribution in [2.75, 3.05) is 11.9 Å². The Hall–Kier alpha value is -3.25. The van der Waals surface area contributed by atoms with Crippen molar-refractivity contribution in [3.63, 3.8) is 0 Å². The Balaban J connectivity index is 1.52. The van der Waals surface area contributed by atoms with Gasteiger partial charge in [0.15, 0.2) is 0 Å². The van der Waals surface area contributed by atoms with E-state index in [9.17, 15) is 9.59 Å². The molecule has 1 aromatic heterocycles. The first-order valence-corrected chi connectivity index (χ1v) is 15.5. The van der Waals surface area contributed by atoms with E-state index in [2.05, 4.69) is 29.8 Å². The van der Waals surface area contributed by atoms with Crippen LogP contribution in [0.2, 0.25) is 5.02 Å². The lowest BCUT2D eigenvalue weighted by Crippen LogP contribution is -2.50. The summed E-state index contributed by atoms with van der Waals surface area (Å²) in [6.07, 6.45) is 8.25. The maximum Gasteiger partial charge on any atom is 0.322 e. The Bertz CT molecular complexity index is 1280. The van der Waals surface area contributed by atoms with Crippen LogP contribution in [-0.2, 0) is 17.9 Å². The molecule has 1 aliphatic carbocycles. The van der Waals surface area contributed by atoms with Crippen molar-refractivity contribution in [3.05, 3.63) is 88.7 Å². The molecule has 6 nitrogen and oxygen atoms in total. The van der Waals surface area contributed by atoms with Gasteiger partial charge in [-0.1, -0.05) is 82.0 Å². The van der Waals surface area contributed by atoms with Gasteiger partial charge >= 0.3 is 6.03 Å². The number of amides is 3. The van der Waals surface area contributed by atoms with Crippen LogP contribution in [0.25, 0.3) is 0 Å². The molecule has 4 rings (SSSR count). The number of hydrogen-bond acceptors (Lipinski definition) is 2. The molecule has 1 unspecified atom stereocenters. The summed E-state index contributed by atoms with van der Waals surface area (Å²) in [7, 11) is 0. The number of carbonyl (C=O) groups is 2. The van der Waals surface area contributed by atoms with E-state index < -0.39 is 0 Å². The average molecular weight is 577 g/mol. The molecule has 1 aliphatic rings. The smallest absolute Gasteiger partial charge is 0.322 e. The summed E-state index contributed by atoms with van der Waals surface area (Å²) in [4.78, 5) is 31.3. The van der Waals surface area contributed by atoms with E-state index in [1.165, 1.54) is 12.0 Å². The third-order valence-electron chi connectivity index (χ3n) is 8.41. The van der Waals surface area contributed by atoms with Crippen LogP contribution >= 0.6 is 11.6 Å². The van der Waals surface area contributed by atoms with E-state index in [1.54, 1.807) is 4.90 Å². The number of rotatable bonds is 11. The fourth-order valence-corrected chi connectivity index (χ4v) is 5.77. The molecule has 0 saturated heterocycles. The lowest BCUT2D eigenvalue weighted by molar-refractivity contribution is -0.136. The molecule has 1 fully saturated rings. The van der Waals surface area contributed by atoms with Crippen molar-refractivity contribution in [2.45, 2.75) is 97.3 Å². The minimum absolute atomic E-state index is 0.00648. The van der Waals surface area contributed by atoms with E-state index in [0.717, 1.165) is 54.1 Å². The highest BCUT2D eigenvalue weighted by atomic mass is 35.5. The molecule has 1 N–H and O–H groups in total. The summed E-state index contributed by atoms with van der Waals surface area (Å²) in [5.74, 6) is 0.415. The van der Waals surface area contributed by atoms with Gasteiger partial charge in [0.25, 0.3) is 0 Å². The molecule has 220 valence electrons. The van der Waals surface area contributed by atoms with Gasteiger partial charge in [-0.15, -0.1) is 0 Å². The zero-order chi connectivity index (χ0) is 29.4. The number of benzene rings is 2. The largest absolute Gasteiger partial charge is 0.345 e. The van der Waals surface area contributed by atoms with Crippen molar-refractivity contribution in [2.24, 2.45) is 0 Å². The van der Waals surface area contributed by atoms with Crippen LogP contribution in [-0.4, -0.2) is 44.9 Å². The van der Waals surface area contributed by atoms with Crippen molar-refractivity contribution in [1.82, 2.24) is 14.4 Å². The molecular weight excluding hydrogens is 532 g/mol. The molecule has 0 aliphatic heterocycles. The first-order valence-electron chi connectivity index (χ1n) is 15.1. The number of urea groups is 1. The summed E-state index contributed by atoms with van der Waals surface area (Å²) in [6, 6.07) is 19.8. The van der Waals surface area contributed by atoms with Gasteiger partial charge in [-0.3, -0.25) is 4.79 Å². The highest BCUT2D eigenvalue weighted by Crippen LogP contribution is 2.26. The number of hydrogen-bond donors (Lipinski definition) is 1. The lowest BCUT2D eigenvalue weighted by atomic mass is 9.94. The van der Waals surface area contributed by atoms with Crippen LogP contribution in [0.4, 0.5) is 10.5 Å². The van der Waals surface area contributed by atoms with Gasteiger partial charge in [-0.2, -0.15) is 0 Å². The molecule has 1 atom stereocenters. The van der Waals surface area contributed by atoms with Crippen LogP contribution in [0.15, 0.2) is 66.9 Å². The molecule has 3 aromatic rings. The summed E-state index contributed by atoms with van der Waals surface area (Å²) in [5.41, 5.74) is 4.07. The molecule has 7 heteroatoms. The van der Waals surface area contributed by atoms with Gasteiger partial charge in [0.1, 0.15) is 6.54 Å². The van der Waals surface area contributed by atoms with Crippen LogP contribution in [0.5, 0.6) is 0 Å². The number of anilines is 1. The first-order chi connectivity index (χ1) is 19.8. The van der Waals surface area contributed by atoms with E-state index in [1.807, 2.05) is 79.5 Å². The molecule has 0 spiro atoms. The Morgan fingerprint density at radius 2 is 1.68 bits per heavy atom. The molecule has 1 saturated carbocycles. The van der Waals surface area contributed by atoms with Crippen LogP contribution in [0.3, 0.4) is 0 Å². The summed E-state index contributed by atoms with van der Waals surface area (Å²) in [5, 5.41) is 3.77. The maximum absolute atomic E-state index is 14.1. The molecule has 3 amide bonds. The van der Waals surface area contributed by atoms with Gasteiger partial charge in [0, 0.05) is 41.2 Å². The van der Waals surface area contributed by atoms with Gasteiger partial charge < -0.3 is 19.7 Å². The second kappa shape index (κ2) is 14.6. The van der Waals surface area contributed by atoms with Crippen molar-refractivity contribution < 1.29 is 9.59 Å². The number of nitrogens with one attached hydrogen (secondary N) is 1. The van der Waals surface area contributed by atoms with Crippen LogP contribution < -0.4 is 5.32 Å². The predicted molar refractivity (Wildman–Crippen MR) is 168 cm³/mol. The monoisotopic (exact) mass is 576 g/mol. The quantitative estimate of drug-likeness (QED) is 0.249. The minimum atomic E-state index is -0.240. The molecular formula is C34H45ClN4O2. The van der Waals surface area contributed by atoms with Gasteiger partial charge in [0.2, 0.25) is 5.91 Å². The molecule has 0 bridgehead atoms. The summed E-state index contributed by atoms with van der Waals surface area (Å²) >= 11 is 6.46. The van der Waals surface area contributed by atoms with Crippen LogP contribution in [0.1, 0.15) is 89.0 Å². The normalized spacial score (nSPS) is 14.6. The number of aromatic nitrogens is 1. The van der Waals surface area contributed by atoms with E-state index in [0.29, 0.717) is 19.0 Å². The van der Waals surface area contributed by atoms with Gasteiger partial charge in [-0.25, -0.2) is 4.79 Å². The van der Waals surface area contributed by atoms with Crippen molar-refractivity contribution in [3.8, 4) is 0 Å². The number of nitrogens with zero attached hydrogens (tertiary/aromatic N) is 3. The van der Waals surface area contributed by atoms with Gasteiger partial charge in [-0.05, 0) is 73.6 Å². The van der Waals surface area contributed by atoms with Crippen molar-refractivity contribution >= 4 is 29.2 Å². The van der Waals surface area contributed by atoms with E-state index >= 15 is 0 Å². The molecule has 41 heavy (non-hydrogen) atoms. The number of carbonyl (C=O) groups excluding carboxylic acids is 2.